The zero-order chi connectivity index (χ0) is 8.97. The summed E-state index contributed by atoms with van der Waals surface area (Å²) in [4.78, 5) is 10.8. The Hall–Kier alpha value is -0.0500. The molecular formula is C7H6I2NO2-. The van der Waals surface area contributed by atoms with Crippen LogP contribution in [-0.2, 0) is 3.07 Å². The Morgan fingerprint density at radius 3 is 2.42 bits per heavy atom. The van der Waals surface area contributed by atoms with Crippen molar-refractivity contribution in [3.05, 3.63) is 27.8 Å². The SMILES string of the molecule is Nc1ccc([I-]C(=O)I=O)cc1. The third-order valence-corrected chi connectivity index (χ3v) is 5.71. The third-order valence-electron chi connectivity index (χ3n) is 1.11. The standard InChI is InChI=1S/C7H6I2NO2/c10-6-3-1-5(2-4-6)8-7(11)9-12/h1-4H,10H2/q-1. The van der Waals surface area contributed by atoms with Crippen LogP contribution in [0.5, 0.6) is 0 Å². The van der Waals surface area contributed by atoms with Crippen molar-refractivity contribution in [1.29, 1.82) is 0 Å². The normalized spacial score (nSPS) is 10.0. The number of nitrogens with two attached hydrogens (primary N) is 1. The quantitative estimate of drug-likeness (QED) is 0.408. The number of benzene rings is 1. The first-order valence-electron chi connectivity index (χ1n) is 3.04. The number of nitrogen functional groups attached to an aromatic ring is 1. The van der Waals surface area contributed by atoms with Gasteiger partial charge in [0.1, 0.15) is 0 Å². The monoisotopic (exact) mass is 390 g/mol. The van der Waals surface area contributed by atoms with Crippen molar-refractivity contribution in [3.63, 3.8) is 0 Å². The second-order valence-corrected chi connectivity index (χ2v) is 8.20. The molecule has 0 atom stereocenters. The van der Waals surface area contributed by atoms with Crippen molar-refractivity contribution in [1.82, 2.24) is 0 Å². The molecule has 1 aromatic rings. The summed E-state index contributed by atoms with van der Waals surface area (Å²) in [5, 5.41) is 0. The number of carbonyl (C=O) groups excluding carboxylic acids is 1. The molecule has 0 unspecified atom stereocenters. The molecule has 0 bridgehead atoms. The maximum absolute atomic E-state index is 10.8. The molecule has 0 radical (unpaired) electrons. The van der Waals surface area contributed by atoms with Crippen LogP contribution in [-0.4, -0.2) is 1.80 Å². The van der Waals surface area contributed by atoms with E-state index in [4.69, 9.17) is 5.73 Å². The maximum atomic E-state index is 10.8. The molecule has 0 saturated carbocycles. The van der Waals surface area contributed by atoms with E-state index in [1.54, 1.807) is 12.1 Å². The Labute approximate surface area is 90.6 Å². The summed E-state index contributed by atoms with van der Waals surface area (Å²) < 4.78 is 11.2. The molecule has 1 aromatic carbocycles. The summed E-state index contributed by atoms with van der Waals surface area (Å²) in [5.41, 5.74) is 6.15. The van der Waals surface area contributed by atoms with Gasteiger partial charge in [-0.2, -0.15) is 0 Å². The van der Waals surface area contributed by atoms with E-state index < -0.39 is 42.4 Å². The Kier molecular flexibility index (Phi) is 4.06. The molecule has 0 saturated heterocycles. The molecule has 0 fully saturated rings. The van der Waals surface area contributed by atoms with Crippen LogP contribution < -0.4 is 26.9 Å². The number of anilines is 1. The molecule has 0 aromatic heterocycles. The van der Waals surface area contributed by atoms with Crippen LogP contribution in [0.3, 0.4) is 0 Å². The van der Waals surface area contributed by atoms with E-state index in [9.17, 15) is 7.86 Å². The number of hydrogen-bond acceptors (Lipinski definition) is 3. The Balaban J connectivity index is 2.71. The summed E-state index contributed by atoms with van der Waals surface area (Å²) in [6.07, 6.45) is 0. The molecular weight excluding hydrogens is 384 g/mol. The molecule has 3 nitrogen and oxygen atoms in total. The summed E-state index contributed by atoms with van der Waals surface area (Å²) in [6, 6.07) is 7.15. The van der Waals surface area contributed by atoms with Crippen LogP contribution in [0.1, 0.15) is 0 Å². The van der Waals surface area contributed by atoms with E-state index in [1.807, 2.05) is 12.1 Å². The third kappa shape index (κ3) is 3.13. The van der Waals surface area contributed by atoms with Gasteiger partial charge in [-0.15, -0.1) is 0 Å². The van der Waals surface area contributed by atoms with Crippen LogP contribution >= 0.6 is 21.2 Å². The van der Waals surface area contributed by atoms with Gasteiger partial charge < -0.3 is 0 Å². The average Bonchev–Trinajstić information content (AvgIpc) is 2.09. The van der Waals surface area contributed by atoms with Crippen molar-refractivity contribution >= 4 is 28.7 Å². The van der Waals surface area contributed by atoms with E-state index >= 15 is 0 Å². The van der Waals surface area contributed by atoms with E-state index in [0.717, 1.165) is 3.57 Å². The molecule has 0 aliphatic heterocycles. The average molecular weight is 390 g/mol. The van der Waals surface area contributed by atoms with Crippen LogP contribution in [0.25, 0.3) is 0 Å². The number of hydrogen-bond donors (Lipinski definition) is 1. The Bertz CT molecular complexity index is 297. The van der Waals surface area contributed by atoms with Crippen molar-refractivity contribution in [2.24, 2.45) is 0 Å². The van der Waals surface area contributed by atoms with E-state index in [2.05, 4.69) is 0 Å². The first kappa shape index (κ1) is 10.0. The first-order valence-corrected chi connectivity index (χ1v) is 7.15. The molecule has 0 amide bonds. The first-order chi connectivity index (χ1) is 5.72. The minimum atomic E-state index is -1.46. The van der Waals surface area contributed by atoms with Gasteiger partial charge in [-0.1, -0.05) is 0 Å². The van der Waals surface area contributed by atoms with E-state index in [0.29, 0.717) is 5.69 Å². The Morgan fingerprint density at radius 2 is 1.92 bits per heavy atom. The van der Waals surface area contributed by atoms with Gasteiger partial charge in [-0.3, -0.25) is 0 Å². The fraction of sp³-hybridized carbons (Fsp3) is 0. The number of carbonyl (C=O) groups is 1. The molecule has 12 heavy (non-hydrogen) atoms. The summed E-state index contributed by atoms with van der Waals surface area (Å²) >= 11 is -2.17. The molecule has 66 valence electrons. The topological polar surface area (TPSA) is 60.2 Å². The van der Waals surface area contributed by atoms with Gasteiger partial charge in [0.05, 0.1) is 0 Å². The van der Waals surface area contributed by atoms with Crippen molar-refractivity contribution < 1.29 is 29.1 Å². The number of halogens is 2. The summed E-state index contributed by atoms with van der Waals surface area (Å²) in [5.74, 6) is 0. The van der Waals surface area contributed by atoms with Gasteiger partial charge in [0.15, 0.2) is 0 Å². The van der Waals surface area contributed by atoms with Crippen LogP contribution in [0, 0.1) is 3.57 Å². The molecule has 0 heterocycles. The van der Waals surface area contributed by atoms with E-state index in [1.165, 1.54) is 0 Å². The predicted octanol–water partition coefficient (Wildman–Crippen LogP) is -1.04. The van der Waals surface area contributed by atoms with Gasteiger partial charge in [0.2, 0.25) is 0 Å². The summed E-state index contributed by atoms with van der Waals surface area (Å²) in [6.45, 7) is 0. The second kappa shape index (κ2) is 4.85. The fourth-order valence-corrected chi connectivity index (χ4v) is 4.06. The second-order valence-electron chi connectivity index (χ2n) is 1.95. The molecule has 0 aliphatic carbocycles. The number of rotatable bonds is 3. The summed E-state index contributed by atoms with van der Waals surface area (Å²) in [7, 11) is 0. The molecule has 2 N–H and O–H groups in total. The van der Waals surface area contributed by atoms with Gasteiger partial charge in [-0.05, 0) is 0 Å². The zero-order valence-corrected chi connectivity index (χ0v) is 10.3. The molecule has 1 rings (SSSR count). The van der Waals surface area contributed by atoms with Crippen LogP contribution in [0.4, 0.5) is 10.5 Å². The van der Waals surface area contributed by atoms with Crippen LogP contribution in [0.2, 0.25) is 0 Å². The van der Waals surface area contributed by atoms with Crippen molar-refractivity contribution in [2.45, 2.75) is 0 Å². The van der Waals surface area contributed by atoms with Gasteiger partial charge in [-0.25, -0.2) is 0 Å². The van der Waals surface area contributed by atoms with Gasteiger partial charge in [0.25, 0.3) is 0 Å². The van der Waals surface area contributed by atoms with Gasteiger partial charge >= 0.3 is 91.3 Å². The van der Waals surface area contributed by atoms with Crippen molar-refractivity contribution in [3.8, 4) is 0 Å². The zero-order valence-electron chi connectivity index (χ0n) is 5.96. The van der Waals surface area contributed by atoms with Crippen LogP contribution in [0.15, 0.2) is 24.3 Å². The fourth-order valence-electron chi connectivity index (χ4n) is 0.626. The predicted molar refractivity (Wildman–Crippen MR) is 49.7 cm³/mol. The minimum absolute atomic E-state index is 0.0719. The Morgan fingerprint density at radius 1 is 1.33 bits per heavy atom. The van der Waals surface area contributed by atoms with Crippen molar-refractivity contribution in [2.75, 3.05) is 5.73 Å². The van der Waals surface area contributed by atoms with E-state index in [-0.39, 0.29) is 1.80 Å². The molecule has 5 heteroatoms. The molecule has 0 spiro atoms. The molecule has 0 aliphatic rings. The van der Waals surface area contributed by atoms with Gasteiger partial charge in [0, 0.05) is 0 Å².